The lowest BCUT2D eigenvalue weighted by Crippen LogP contribution is -2.39. The minimum atomic E-state index is -0.771. The van der Waals surface area contributed by atoms with Gasteiger partial charge in [0.15, 0.2) is 0 Å². The van der Waals surface area contributed by atoms with Crippen molar-refractivity contribution in [3.8, 4) is 0 Å². The molecule has 0 saturated heterocycles. The molecule has 0 aromatic rings. The highest BCUT2D eigenvalue weighted by Gasteiger charge is 2.42. The summed E-state index contributed by atoms with van der Waals surface area (Å²) in [6.07, 6.45) is 3.52. The lowest BCUT2D eigenvalue weighted by atomic mass is 9.78. The number of rotatable bonds is 1. The number of alkyl halides is 1. The molecule has 0 unspecified atom stereocenters. The molecule has 0 bridgehead atoms. The van der Waals surface area contributed by atoms with Crippen LogP contribution in [-0.4, -0.2) is 15.9 Å². The van der Waals surface area contributed by atoms with Crippen LogP contribution in [0.5, 0.6) is 0 Å². The van der Waals surface area contributed by atoms with Crippen LogP contribution >= 0.6 is 15.9 Å². The van der Waals surface area contributed by atoms with E-state index < -0.39 is 11.4 Å². The first-order valence-corrected chi connectivity index (χ1v) is 3.56. The first-order valence-electron chi connectivity index (χ1n) is 2.64. The Kier molecular flexibility index (Phi) is 1.39. The van der Waals surface area contributed by atoms with Crippen molar-refractivity contribution in [3.63, 3.8) is 0 Å². The third-order valence-corrected chi connectivity index (χ3v) is 2.90. The Bertz CT molecular complexity index is 176. The monoisotopic (exact) mass is 190 g/mol. The van der Waals surface area contributed by atoms with Gasteiger partial charge in [0.1, 0.15) is 0 Å². The van der Waals surface area contributed by atoms with Gasteiger partial charge in [-0.3, -0.25) is 4.79 Å². The molecule has 0 radical (unpaired) electrons. The van der Waals surface area contributed by atoms with Crippen molar-refractivity contribution in [2.24, 2.45) is 5.41 Å². The second-order valence-electron chi connectivity index (χ2n) is 2.35. The molecular weight excluding hydrogens is 184 g/mol. The molecule has 0 aromatic heterocycles. The van der Waals surface area contributed by atoms with Gasteiger partial charge in [-0.15, -0.1) is 0 Å². The fraction of sp³-hybridized carbons (Fsp3) is 0.500. The Morgan fingerprint density at radius 3 is 2.44 bits per heavy atom. The Morgan fingerprint density at radius 2 is 2.44 bits per heavy atom. The molecule has 0 heterocycles. The molecule has 0 aliphatic heterocycles. The number of hydrogen-bond acceptors (Lipinski definition) is 1. The number of carboxylic acid groups (broad SMARTS) is 1. The minimum absolute atomic E-state index is 0.00231. The van der Waals surface area contributed by atoms with Crippen molar-refractivity contribution in [2.75, 3.05) is 0 Å². The fourth-order valence-corrected chi connectivity index (χ4v) is 1.15. The van der Waals surface area contributed by atoms with E-state index in [4.69, 9.17) is 5.11 Å². The molecule has 9 heavy (non-hydrogen) atoms. The summed E-state index contributed by atoms with van der Waals surface area (Å²) >= 11 is 3.22. The molecule has 0 saturated carbocycles. The summed E-state index contributed by atoms with van der Waals surface area (Å²) in [5, 5.41) is 8.58. The zero-order valence-electron chi connectivity index (χ0n) is 4.97. The van der Waals surface area contributed by atoms with E-state index in [-0.39, 0.29) is 4.83 Å². The number of aliphatic carboxylic acids is 1. The predicted octanol–water partition coefficient (Wildman–Crippen LogP) is 1.41. The quantitative estimate of drug-likeness (QED) is 0.502. The molecule has 50 valence electrons. The molecule has 0 aromatic carbocycles. The average Bonchev–Trinajstić information content (AvgIpc) is 1.82. The molecule has 1 aliphatic carbocycles. The number of hydrogen-bond donors (Lipinski definition) is 1. The number of halogens is 1. The van der Waals surface area contributed by atoms with Crippen LogP contribution in [0.2, 0.25) is 0 Å². The minimum Gasteiger partial charge on any atom is -0.481 e. The third-order valence-electron chi connectivity index (χ3n) is 1.65. The Labute approximate surface area is 61.7 Å². The Hall–Kier alpha value is -0.310. The number of carboxylic acids is 1. The van der Waals surface area contributed by atoms with E-state index >= 15 is 0 Å². The maximum Gasteiger partial charge on any atom is 0.314 e. The van der Waals surface area contributed by atoms with E-state index in [0.29, 0.717) is 0 Å². The maximum atomic E-state index is 10.4. The van der Waals surface area contributed by atoms with E-state index in [1.54, 1.807) is 13.0 Å². The van der Waals surface area contributed by atoms with Crippen LogP contribution in [-0.2, 0) is 4.79 Å². The molecule has 1 N–H and O–H groups in total. The topological polar surface area (TPSA) is 37.3 Å². The third kappa shape index (κ3) is 0.796. The van der Waals surface area contributed by atoms with Gasteiger partial charge in [0, 0.05) is 0 Å². The first kappa shape index (κ1) is 6.81. The van der Waals surface area contributed by atoms with Crippen LogP contribution in [0, 0.1) is 5.41 Å². The average molecular weight is 191 g/mol. The van der Waals surface area contributed by atoms with Gasteiger partial charge in [-0.1, -0.05) is 28.1 Å². The van der Waals surface area contributed by atoms with E-state index in [1.165, 1.54) is 0 Å². The Morgan fingerprint density at radius 1 is 1.89 bits per heavy atom. The van der Waals surface area contributed by atoms with Crippen molar-refractivity contribution in [2.45, 2.75) is 11.8 Å². The highest BCUT2D eigenvalue weighted by molar-refractivity contribution is 9.09. The van der Waals surface area contributed by atoms with Gasteiger partial charge in [0.2, 0.25) is 0 Å². The summed E-state index contributed by atoms with van der Waals surface area (Å²) in [4.78, 5) is 10.4. The van der Waals surface area contributed by atoms with Crippen LogP contribution in [0.15, 0.2) is 12.2 Å². The lowest BCUT2D eigenvalue weighted by molar-refractivity contribution is -0.145. The predicted molar refractivity (Wildman–Crippen MR) is 37.6 cm³/mol. The van der Waals surface area contributed by atoms with Crippen LogP contribution in [0.4, 0.5) is 0 Å². The van der Waals surface area contributed by atoms with Gasteiger partial charge in [-0.2, -0.15) is 0 Å². The molecule has 0 fully saturated rings. The number of allylic oxidation sites excluding steroid dienone is 1. The molecule has 0 amide bonds. The van der Waals surface area contributed by atoms with E-state index in [1.807, 2.05) is 6.08 Å². The molecule has 2 nitrogen and oxygen atoms in total. The molecule has 1 rings (SSSR count). The lowest BCUT2D eigenvalue weighted by Gasteiger charge is -2.31. The van der Waals surface area contributed by atoms with E-state index in [9.17, 15) is 4.79 Å². The van der Waals surface area contributed by atoms with Gasteiger partial charge >= 0.3 is 5.97 Å². The zero-order chi connectivity index (χ0) is 7.07. The van der Waals surface area contributed by atoms with Gasteiger partial charge in [-0.25, -0.2) is 0 Å². The summed E-state index contributed by atoms with van der Waals surface area (Å²) in [7, 11) is 0. The normalized spacial score (nSPS) is 40.0. The van der Waals surface area contributed by atoms with Crippen LogP contribution in [0.25, 0.3) is 0 Å². The summed E-state index contributed by atoms with van der Waals surface area (Å²) < 4.78 is 0. The largest absolute Gasteiger partial charge is 0.481 e. The van der Waals surface area contributed by atoms with Gasteiger partial charge in [0.05, 0.1) is 10.2 Å². The van der Waals surface area contributed by atoms with Gasteiger partial charge < -0.3 is 5.11 Å². The second-order valence-corrected chi connectivity index (χ2v) is 3.34. The summed E-state index contributed by atoms with van der Waals surface area (Å²) in [6.45, 7) is 1.69. The van der Waals surface area contributed by atoms with Gasteiger partial charge in [0.25, 0.3) is 0 Å². The van der Waals surface area contributed by atoms with Crippen molar-refractivity contribution in [1.82, 2.24) is 0 Å². The number of carbonyl (C=O) groups is 1. The second kappa shape index (κ2) is 1.84. The smallest absolute Gasteiger partial charge is 0.314 e. The van der Waals surface area contributed by atoms with E-state index in [2.05, 4.69) is 15.9 Å². The molecule has 0 spiro atoms. The van der Waals surface area contributed by atoms with Crippen LogP contribution in [0.1, 0.15) is 6.92 Å². The summed E-state index contributed by atoms with van der Waals surface area (Å²) in [5.74, 6) is -0.771. The highest BCUT2D eigenvalue weighted by Crippen LogP contribution is 2.38. The van der Waals surface area contributed by atoms with E-state index in [0.717, 1.165) is 0 Å². The molecule has 1 aliphatic rings. The van der Waals surface area contributed by atoms with Crippen LogP contribution in [0.3, 0.4) is 0 Å². The molecule has 2 atom stereocenters. The Balaban J connectivity index is 2.79. The zero-order valence-corrected chi connectivity index (χ0v) is 6.55. The highest BCUT2D eigenvalue weighted by atomic mass is 79.9. The maximum absolute atomic E-state index is 10.4. The summed E-state index contributed by atoms with van der Waals surface area (Å²) in [6, 6.07) is 0. The standard InChI is InChI=1S/C6H7BrO2/c1-6(5(8)9)3-2-4(6)7/h2-4H,1H3,(H,8,9)/t4-,6-/m1/s1. The van der Waals surface area contributed by atoms with Crippen LogP contribution < -0.4 is 0 Å². The van der Waals surface area contributed by atoms with Crippen molar-refractivity contribution >= 4 is 21.9 Å². The van der Waals surface area contributed by atoms with Crippen molar-refractivity contribution in [3.05, 3.63) is 12.2 Å². The summed E-state index contributed by atoms with van der Waals surface area (Å²) in [5.41, 5.74) is -0.667. The van der Waals surface area contributed by atoms with Gasteiger partial charge in [-0.05, 0) is 6.92 Å². The van der Waals surface area contributed by atoms with Crippen molar-refractivity contribution < 1.29 is 9.90 Å². The van der Waals surface area contributed by atoms with Crippen molar-refractivity contribution in [1.29, 1.82) is 0 Å². The molecule has 3 heteroatoms. The first-order chi connectivity index (χ1) is 4.07. The fourth-order valence-electron chi connectivity index (χ4n) is 0.647. The SMILES string of the molecule is C[C@@]1(C(=O)O)C=C[C@H]1Br. The molecular formula is C6H7BrO2.